The number of rotatable bonds is 4. The number of hydrogen-bond donors (Lipinski definition) is 1. The first-order chi connectivity index (χ1) is 19.1. The maximum absolute atomic E-state index is 5.94. The SMILES string of the molecule is CC12C=CC(c3ccc(N)cc3)=CC1c1ccccc1N2c1ccc(-c2ccc(-c3ccccc3)cc2)cc1. The fraction of sp³-hybridized carbons (Fsp3) is 0.0811. The van der Waals surface area contributed by atoms with Gasteiger partial charge in [0.25, 0.3) is 0 Å². The van der Waals surface area contributed by atoms with E-state index in [0.717, 1.165) is 5.69 Å². The number of para-hydroxylation sites is 1. The first kappa shape index (κ1) is 23.3. The van der Waals surface area contributed by atoms with E-state index in [1.165, 1.54) is 50.3 Å². The van der Waals surface area contributed by atoms with Crippen LogP contribution in [0.4, 0.5) is 17.1 Å². The Morgan fingerprint density at radius 1 is 0.590 bits per heavy atom. The summed E-state index contributed by atoms with van der Waals surface area (Å²) in [7, 11) is 0. The zero-order valence-electron chi connectivity index (χ0n) is 22.0. The fourth-order valence-corrected chi connectivity index (χ4v) is 6.17. The number of benzene rings is 5. The van der Waals surface area contributed by atoms with Gasteiger partial charge in [-0.25, -0.2) is 0 Å². The number of allylic oxidation sites excluding steroid dienone is 2. The van der Waals surface area contributed by atoms with E-state index < -0.39 is 0 Å². The lowest BCUT2D eigenvalue weighted by Gasteiger charge is -2.40. The highest BCUT2D eigenvalue weighted by molar-refractivity contribution is 5.85. The summed E-state index contributed by atoms with van der Waals surface area (Å²) < 4.78 is 0. The molecule has 5 aromatic carbocycles. The summed E-state index contributed by atoms with van der Waals surface area (Å²) in [5.74, 6) is 0.247. The van der Waals surface area contributed by atoms with Gasteiger partial charge in [-0.3, -0.25) is 0 Å². The first-order valence-corrected chi connectivity index (χ1v) is 13.5. The van der Waals surface area contributed by atoms with Crippen molar-refractivity contribution >= 4 is 22.6 Å². The lowest BCUT2D eigenvalue weighted by molar-refractivity contribution is 0.544. The van der Waals surface area contributed by atoms with Gasteiger partial charge in [0.05, 0.1) is 5.54 Å². The molecule has 2 heteroatoms. The van der Waals surface area contributed by atoms with Crippen LogP contribution < -0.4 is 10.6 Å². The number of nitrogens with two attached hydrogens (primary N) is 1. The van der Waals surface area contributed by atoms with Crippen molar-refractivity contribution < 1.29 is 0 Å². The average Bonchev–Trinajstić information content (AvgIpc) is 3.26. The number of hydrogen-bond acceptors (Lipinski definition) is 2. The molecule has 0 bridgehead atoms. The zero-order valence-corrected chi connectivity index (χ0v) is 22.0. The van der Waals surface area contributed by atoms with E-state index in [1.54, 1.807) is 0 Å². The number of fused-ring (bicyclic) bond motifs is 3. The number of anilines is 3. The molecule has 39 heavy (non-hydrogen) atoms. The van der Waals surface area contributed by atoms with Crippen molar-refractivity contribution in [1.29, 1.82) is 0 Å². The molecule has 5 aromatic rings. The van der Waals surface area contributed by atoms with Crippen LogP contribution in [0.15, 0.2) is 146 Å². The molecular weight excluding hydrogens is 472 g/mol. The number of nitrogen functional groups attached to an aromatic ring is 1. The van der Waals surface area contributed by atoms with Crippen molar-refractivity contribution in [3.05, 3.63) is 157 Å². The maximum Gasteiger partial charge on any atom is 0.0712 e. The van der Waals surface area contributed by atoms with Crippen molar-refractivity contribution in [3.63, 3.8) is 0 Å². The highest BCUT2D eigenvalue weighted by Crippen LogP contribution is 2.55. The minimum absolute atomic E-state index is 0.195. The highest BCUT2D eigenvalue weighted by Gasteiger charge is 2.47. The molecule has 0 saturated heterocycles. The molecule has 2 aliphatic rings. The topological polar surface area (TPSA) is 29.3 Å². The van der Waals surface area contributed by atoms with Gasteiger partial charge in [-0.1, -0.05) is 115 Å². The third kappa shape index (κ3) is 3.97. The predicted octanol–water partition coefficient (Wildman–Crippen LogP) is 9.25. The second kappa shape index (κ2) is 9.18. The van der Waals surface area contributed by atoms with E-state index in [1.807, 2.05) is 12.1 Å². The van der Waals surface area contributed by atoms with Crippen LogP contribution in [0.3, 0.4) is 0 Å². The van der Waals surface area contributed by atoms with Gasteiger partial charge in [-0.05, 0) is 76.2 Å². The molecule has 0 aromatic heterocycles. The summed E-state index contributed by atoms with van der Waals surface area (Å²) >= 11 is 0. The molecule has 2 atom stereocenters. The predicted molar refractivity (Wildman–Crippen MR) is 165 cm³/mol. The molecule has 0 saturated carbocycles. The lowest BCUT2D eigenvalue weighted by atomic mass is 9.77. The molecule has 0 amide bonds. The molecule has 7 rings (SSSR count). The Hall–Kier alpha value is -4.82. The molecule has 0 spiro atoms. The Labute approximate surface area is 230 Å². The Bertz CT molecular complexity index is 1700. The van der Waals surface area contributed by atoms with Gasteiger partial charge in [0.1, 0.15) is 0 Å². The minimum atomic E-state index is -0.195. The van der Waals surface area contributed by atoms with Gasteiger partial charge < -0.3 is 10.6 Å². The fourth-order valence-electron chi connectivity index (χ4n) is 6.17. The summed E-state index contributed by atoms with van der Waals surface area (Å²) in [6.45, 7) is 2.35. The highest BCUT2D eigenvalue weighted by atomic mass is 15.2. The number of nitrogens with zero attached hydrogens (tertiary/aromatic N) is 1. The molecule has 0 fully saturated rings. The van der Waals surface area contributed by atoms with Gasteiger partial charge in [0, 0.05) is 23.0 Å². The smallest absolute Gasteiger partial charge is 0.0712 e. The van der Waals surface area contributed by atoms with Crippen molar-refractivity contribution in [2.75, 3.05) is 10.6 Å². The van der Waals surface area contributed by atoms with Crippen LogP contribution in [0.2, 0.25) is 0 Å². The third-order valence-corrected chi connectivity index (χ3v) is 8.27. The van der Waals surface area contributed by atoms with E-state index >= 15 is 0 Å². The van der Waals surface area contributed by atoms with Crippen LogP contribution in [-0.2, 0) is 0 Å². The first-order valence-electron chi connectivity index (χ1n) is 13.5. The largest absolute Gasteiger partial charge is 0.399 e. The normalized spacial score (nSPS) is 19.4. The zero-order chi connectivity index (χ0) is 26.4. The molecule has 0 radical (unpaired) electrons. The van der Waals surface area contributed by atoms with Gasteiger partial charge in [0.15, 0.2) is 0 Å². The third-order valence-electron chi connectivity index (χ3n) is 8.27. The molecule has 1 heterocycles. The minimum Gasteiger partial charge on any atom is -0.399 e. The van der Waals surface area contributed by atoms with Gasteiger partial charge in [0.2, 0.25) is 0 Å². The van der Waals surface area contributed by atoms with Crippen molar-refractivity contribution in [1.82, 2.24) is 0 Å². The Morgan fingerprint density at radius 2 is 1.13 bits per heavy atom. The standard InChI is InChI=1S/C37H30N2/c1-37-24-23-31(30-15-19-32(38)20-16-30)25-35(37)34-9-5-6-10-36(34)39(37)33-21-17-29(18-22-33)28-13-11-27(12-14-28)26-7-3-2-4-8-26/h2-25,35H,38H2,1H3. The molecule has 2 N–H and O–H groups in total. The quantitative estimate of drug-likeness (QED) is 0.248. The van der Waals surface area contributed by atoms with Gasteiger partial charge in [-0.2, -0.15) is 0 Å². The maximum atomic E-state index is 5.94. The van der Waals surface area contributed by atoms with Crippen molar-refractivity contribution in [2.24, 2.45) is 0 Å². The monoisotopic (exact) mass is 502 g/mol. The van der Waals surface area contributed by atoms with Crippen LogP contribution in [0.1, 0.15) is 24.0 Å². The lowest BCUT2D eigenvalue weighted by Crippen LogP contribution is -2.42. The molecule has 188 valence electrons. The van der Waals surface area contributed by atoms with E-state index in [-0.39, 0.29) is 11.5 Å². The average molecular weight is 503 g/mol. The van der Waals surface area contributed by atoms with Crippen LogP contribution in [-0.4, -0.2) is 5.54 Å². The van der Waals surface area contributed by atoms with Crippen LogP contribution in [0.25, 0.3) is 27.8 Å². The van der Waals surface area contributed by atoms with Crippen LogP contribution >= 0.6 is 0 Å². The van der Waals surface area contributed by atoms with E-state index in [0.29, 0.717) is 0 Å². The Morgan fingerprint density at radius 3 is 1.79 bits per heavy atom. The Kier molecular flexibility index (Phi) is 5.49. The van der Waals surface area contributed by atoms with Crippen molar-refractivity contribution in [3.8, 4) is 22.3 Å². The molecule has 1 aliphatic heterocycles. The second-order valence-electron chi connectivity index (χ2n) is 10.7. The van der Waals surface area contributed by atoms with E-state index in [9.17, 15) is 0 Å². The molecule has 2 unspecified atom stereocenters. The van der Waals surface area contributed by atoms with E-state index in [4.69, 9.17) is 5.73 Å². The summed E-state index contributed by atoms with van der Waals surface area (Å²) in [6.07, 6.45) is 7.07. The van der Waals surface area contributed by atoms with Gasteiger partial charge >= 0.3 is 0 Å². The van der Waals surface area contributed by atoms with Crippen molar-refractivity contribution in [2.45, 2.75) is 18.4 Å². The summed E-state index contributed by atoms with van der Waals surface area (Å²) in [5.41, 5.74) is 17.7. The Balaban J connectivity index is 1.22. The summed E-state index contributed by atoms with van der Waals surface area (Å²) in [6, 6.07) is 45.4. The molecular formula is C37H30N2. The van der Waals surface area contributed by atoms with Crippen LogP contribution in [0, 0.1) is 0 Å². The summed E-state index contributed by atoms with van der Waals surface area (Å²) in [4.78, 5) is 2.50. The van der Waals surface area contributed by atoms with Gasteiger partial charge in [-0.15, -0.1) is 0 Å². The van der Waals surface area contributed by atoms with Crippen LogP contribution in [0.5, 0.6) is 0 Å². The summed E-state index contributed by atoms with van der Waals surface area (Å²) in [5, 5.41) is 0. The molecule has 1 aliphatic carbocycles. The molecule has 2 nitrogen and oxygen atoms in total. The van der Waals surface area contributed by atoms with E-state index in [2.05, 4.69) is 145 Å². The second-order valence-corrected chi connectivity index (χ2v) is 10.7.